The molecule has 0 aliphatic rings. The third-order valence-electron chi connectivity index (χ3n) is 3.34. The normalized spacial score (nSPS) is 11.0. The van der Waals surface area contributed by atoms with Crippen LogP contribution < -0.4 is 10.1 Å². The molecule has 1 aromatic rings. The Bertz CT molecular complexity index is 511. The van der Waals surface area contributed by atoms with E-state index >= 15 is 0 Å². The number of aryl methyl sites for hydroxylation is 1. The summed E-state index contributed by atoms with van der Waals surface area (Å²) in [5.74, 6) is -0.0950. The van der Waals surface area contributed by atoms with Crippen LogP contribution in [0.2, 0.25) is 0 Å². The molecule has 0 spiro atoms. The molecule has 2 N–H and O–H groups in total. The lowest BCUT2D eigenvalue weighted by atomic mass is 9.98. The van der Waals surface area contributed by atoms with Gasteiger partial charge in [-0.15, -0.1) is 0 Å². The molecule has 0 unspecified atom stereocenters. The first-order valence-electron chi connectivity index (χ1n) is 7.51. The van der Waals surface area contributed by atoms with Gasteiger partial charge in [-0.3, -0.25) is 9.59 Å². The number of rotatable bonds is 9. The largest absolute Gasteiger partial charge is 0.493 e. The van der Waals surface area contributed by atoms with Crippen molar-refractivity contribution in [3.63, 3.8) is 0 Å². The van der Waals surface area contributed by atoms with E-state index in [1.54, 1.807) is 0 Å². The van der Waals surface area contributed by atoms with Crippen molar-refractivity contribution in [2.45, 2.75) is 52.0 Å². The summed E-state index contributed by atoms with van der Waals surface area (Å²) in [6.07, 6.45) is 1.44. The second-order valence-electron chi connectivity index (χ2n) is 6.04. The highest BCUT2D eigenvalue weighted by molar-refractivity contribution is 5.76. The summed E-state index contributed by atoms with van der Waals surface area (Å²) in [5.41, 5.74) is 0.563. The number of carboxylic acid groups (broad SMARTS) is 1. The SMILES string of the molecule is Cc1ccccc1OCCCC(=O)NC(C)(C)CCC(=O)O. The van der Waals surface area contributed by atoms with Gasteiger partial charge in [-0.1, -0.05) is 18.2 Å². The predicted octanol–water partition coefficient (Wildman–Crippen LogP) is 2.91. The summed E-state index contributed by atoms with van der Waals surface area (Å²) in [5, 5.41) is 11.5. The summed E-state index contributed by atoms with van der Waals surface area (Å²) in [6.45, 7) is 6.12. The van der Waals surface area contributed by atoms with Crippen LogP contribution in [-0.2, 0) is 9.59 Å². The molecule has 0 fully saturated rings. The van der Waals surface area contributed by atoms with Crippen molar-refractivity contribution in [1.29, 1.82) is 0 Å². The number of hydrogen-bond acceptors (Lipinski definition) is 3. The first-order chi connectivity index (χ1) is 10.3. The van der Waals surface area contributed by atoms with Gasteiger partial charge in [0.1, 0.15) is 5.75 Å². The van der Waals surface area contributed by atoms with Crippen LogP contribution in [0.25, 0.3) is 0 Å². The summed E-state index contributed by atoms with van der Waals surface area (Å²) in [4.78, 5) is 22.4. The topological polar surface area (TPSA) is 75.6 Å². The molecule has 1 amide bonds. The average Bonchev–Trinajstić information content (AvgIpc) is 2.43. The number of carbonyl (C=O) groups is 2. The Balaban J connectivity index is 2.26. The summed E-state index contributed by atoms with van der Waals surface area (Å²) in [7, 11) is 0. The lowest BCUT2D eigenvalue weighted by Gasteiger charge is -2.25. The molecule has 0 radical (unpaired) electrons. The van der Waals surface area contributed by atoms with Crippen molar-refractivity contribution in [3.8, 4) is 5.75 Å². The third-order valence-corrected chi connectivity index (χ3v) is 3.34. The average molecular weight is 307 g/mol. The first kappa shape index (κ1) is 18.0. The molecule has 0 aliphatic heterocycles. The summed E-state index contributed by atoms with van der Waals surface area (Å²) >= 11 is 0. The van der Waals surface area contributed by atoms with E-state index < -0.39 is 11.5 Å². The minimum atomic E-state index is -0.853. The standard InChI is InChI=1S/C17H25NO4/c1-13-7-4-5-8-14(13)22-12-6-9-15(19)18-17(2,3)11-10-16(20)21/h4-5,7-8H,6,9-12H2,1-3H3,(H,18,19)(H,20,21). The van der Waals surface area contributed by atoms with Crippen LogP contribution in [0.4, 0.5) is 0 Å². The Kier molecular flexibility index (Phi) is 6.89. The highest BCUT2D eigenvalue weighted by Crippen LogP contribution is 2.16. The number of para-hydroxylation sites is 1. The van der Waals surface area contributed by atoms with Crippen molar-refractivity contribution < 1.29 is 19.4 Å². The van der Waals surface area contributed by atoms with Gasteiger partial charge in [0.05, 0.1) is 6.61 Å². The number of carbonyl (C=O) groups excluding carboxylic acids is 1. The van der Waals surface area contributed by atoms with Gasteiger partial charge in [-0.2, -0.15) is 0 Å². The zero-order chi connectivity index (χ0) is 16.6. The molecule has 0 aromatic heterocycles. The number of carboxylic acids is 1. The van der Waals surface area contributed by atoms with E-state index in [2.05, 4.69) is 5.32 Å². The molecule has 0 aliphatic carbocycles. The van der Waals surface area contributed by atoms with Crippen LogP contribution >= 0.6 is 0 Å². The van der Waals surface area contributed by atoms with Crippen LogP contribution in [-0.4, -0.2) is 29.1 Å². The maximum absolute atomic E-state index is 11.9. The molecule has 122 valence electrons. The van der Waals surface area contributed by atoms with Crippen LogP contribution in [0.3, 0.4) is 0 Å². The molecule has 1 rings (SSSR count). The minimum absolute atomic E-state index is 0.0453. The van der Waals surface area contributed by atoms with Crippen LogP contribution in [0, 0.1) is 6.92 Å². The zero-order valence-corrected chi connectivity index (χ0v) is 13.5. The van der Waals surface area contributed by atoms with Crippen LogP contribution in [0.1, 0.15) is 45.1 Å². The van der Waals surface area contributed by atoms with Crippen molar-refractivity contribution in [1.82, 2.24) is 5.32 Å². The van der Waals surface area contributed by atoms with Gasteiger partial charge in [0.15, 0.2) is 0 Å². The fourth-order valence-corrected chi connectivity index (χ4v) is 2.06. The highest BCUT2D eigenvalue weighted by Gasteiger charge is 2.21. The number of benzene rings is 1. The smallest absolute Gasteiger partial charge is 0.303 e. The molecular formula is C17H25NO4. The molecule has 0 saturated carbocycles. The second kappa shape index (κ2) is 8.41. The molecule has 1 aromatic carbocycles. The predicted molar refractivity (Wildman–Crippen MR) is 85.0 cm³/mol. The molecule has 0 bridgehead atoms. The van der Waals surface area contributed by atoms with Gasteiger partial charge in [0.2, 0.25) is 5.91 Å². The Morgan fingerprint density at radius 2 is 1.91 bits per heavy atom. The number of nitrogens with one attached hydrogen (secondary N) is 1. The maximum Gasteiger partial charge on any atom is 0.303 e. The Hall–Kier alpha value is -2.04. The van der Waals surface area contributed by atoms with Gasteiger partial charge >= 0.3 is 5.97 Å². The van der Waals surface area contributed by atoms with Crippen molar-refractivity contribution in [2.75, 3.05) is 6.61 Å². The Morgan fingerprint density at radius 1 is 1.23 bits per heavy atom. The number of ether oxygens (including phenoxy) is 1. The van der Waals surface area contributed by atoms with E-state index in [1.165, 1.54) is 0 Å². The molecule has 0 atom stereocenters. The fraction of sp³-hybridized carbons (Fsp3) is 0.529. The quantitative estimate of drug-likeness (QED) is 0.688. The zero-order valence-electron chi connectivity index (χ0n) is 13.5. The molecular weight excluding hydrogens is 282 g/mol. The molecule has 0 saturated heterocycles. The van der Waals surface area contributed by atoms with E-state index in [9.17, 15) is 9.59 Å². The molecule has 0 heterocycles. The first-order valence-corrected chi connectivity index (χ1v) is 7.51. The van der Waals surface area contributed by atoms with Crippen LogP contribution in [0.15, 0.2) is 24.3 Å². The van der Waals surface area contributed by atoms with E-state index in [0.717, 1.165) is 11.3 Å². The minimum Gasteiger partial charge on any atom is -0.493 e. The molecule has 5 heteroatoms. The van der Waals surface area contributed by atoms with Crippen molar-refractivity contribution >= 4 is 11.9 Å². The van der Waals surface area contributed by atoms with E-state index in [-0.39, 0.29) is 12.3 Å². The fourth-order valence-electron chi connectivity index (χ4n) is 2.06. The third kappa shape index (κ3) is 7.11. The lowest BCUT2D eigenvalue weighted by Crippen LogP contribution is -2.43. The molecule has 22 heavy (non-hydrogen) atoms. The number of hydrogen-bond donors (Lipinski definition) is 2. The monoisotopic (exact) mass is 307 g/mol. The van der Waals surface area contributed by atoms with Gasteiger partial charge in [-0.25, -0.2) is 0 Å². The van der Waals surface area contributed by atoms with E-state index in [1.807, 2.05) is 45.0 Å². The van der Waals surface area contributed by atoms with Crippen molar-refractivity contribution in [2.24, 2.45) is 0 Å². The van der Waals surface area contributed by atoms with E-state index in [0.29, 0.717) is 25.9 Å². The van der Waals surface area contributed by atoms with Gasteiger partial charge in [-0.05, 0) is 45.2 Å². The van der Waals surface area contributed by atoms with Gasteiger partial charge < -0.3 is 15.2 Å². The Labute approximate surface area is 131 Å². The van der Waals surface area contributed by atoms with Crippen molar-refractivity contribution in [3.05, 3.63) is 29.8 Å². The highest BCUT2D eigenvalue weighted by atomic mass is 16.5. The number of amides is 1. The summed E-state index contributed by atoms with van der Waals surface area (Å²) < 4.78 is 5.64. The Morgan fingerprint density at radius 3 is 2.55 bits per heavy atom. The van der Waals surface area contributed by atoms with Gasteiger partial charge in [0, 0.05) is 18.4 Å². The maximum atomic E-state index is 11.9. The number of aliphatic carboxylic acids is 1. The summed E-state index contributed by atoms with van der Waals surface area (Å²) in [6, 6.07) is 7.76. The molecule has 5 nitrogen and oxygen atoms in total. The van der Waals surface area contributed by atoms with Crippen LogP contribution in [0.5, 0.6) is 5.75 Å². The van der Waals surface area contributed by atoms with E-state index in [4.69, 9.17) is 9.84 Å². The second-order valence-corrected chi connectivity index (χ2v) is 6.04. The van der Waals surface area contributed by atoms with Gasteiger partial charge in [0.25, 0.3) is 0 Å². The lowest BCUT2D eigenvalue weighted by molar-refractivity contribution is -0.137.